The molecule has 11 heteroatoms. The molecule has 2 aromatic heterocycles. The Morgan fingerprint density at radius 3 is 2.32 bits per heavy atom. The molecule has 2 heterocycles. The Labute approximate surface area is 218 Å². The van der Waals surface area contributed by atoms with Gasteiger partial charge in [0.25, 0.3) is 15.9 Å². The van der Waals surface area contributed by atoms with Crippen LogP contribution >= 0.6 is 0 Å². The normalized spacial score (nSPS) is 11.2. The zero-order valence-electron chi connectivity index (χ0n) is 20.5. The zero-order valence-corrected chi connectivity index (χ0v) is 21.3. The standard InChI is InChI=1S/C27H23N5O5S/c1-18-16-25(30-37-18)31-38(34,35)23-14-10-20(11-15-23)28-27(33)24-17-32(21-6-4-3-5-7-21)29-26(24)19-8-12-22(36-2)13-9-19/h3-17H,1-2H3,(H,28,33)(H,30,31). The molecule has 2 N–H and O–H groups in total. The number of sulfonamides is 1. The second kappa shape index (κ2) is 10.2. The maximum Gasteiger partial charge on any atom is 0.263 e. The number of aromatic nitrogens is 3. The number of hydrogen-bond acceptors (Lipinski definition) is 7. The molecule has 10 nitrogen and oxygen atoms in total. The van der Waals surface area contributed by atoms with Crippen LogP contribution in [0.3, 0.4) is 0 Å². The summed E-state index contributed by atoms with van der Waals surface area (Å²) in [4.78, 5) is 13.4. The number of hydrogen-bond donors (Lipinski definition) is 2. The number of nitrogens with one attached hydrogen (secondary N) is 2. The predicted molar refractivity (Wildman–Crippen MR) is 142 cm³/mol. The van der Waals surface area contributed by atoms with Crippen molar-refractivity contribution in [1.82, 2.24) is 14.9 Å². The van der Waals surface area contributed by atoms with Gasteiger partial charge in [0.05, 0.1) is 23.3 Å². The Bertz CT molecular complexity index is 1680. The number of carbonyl (C=O) groups excluding carboxylic acids is 1. The van der Waals surface area contributed by atoms with Gasteiger partial charge in [-0.3, -0.25) is 9.52 Å². The monoisotopic (exact) mass is 529 g/mol. The molecule has 3 aromatic carbocycles. The molecule has 0 fully saturated rings. The number of rotatable bonds is 8. The minimum absolute atomic E-state index is 0.00645. The van der Waals surface area contributed by atoms with Crippen molar-refractivity contribution in [2.45, 2.75) is 11.8 Å². The molecule has 0 aliphatic rings. The van der Waals surface area contributed by atoms with Crippen LogP contribution in [-0.4, -0.2) is 36.4 Å². The van der Waals surface area contributed by atoms with E-state index in [1.807, 2.05) is 42.5 Å². The topological polar surface area (TPSA) is 128 Å². The van der Waals surface area contributed by atoms with E-state index in [1.54, 1.807) is 37.0 Å². The van der Waals surface area contributed by atoms with Gasteiger partial charge in [0, 0.05) is 23.5 Å². The van der Waals surface area contributed by atoms with Crippen molar-refractivity contribution in [3.8, 4) is 22.7 Å². The van der Waals surface area contributed by atoms with Crippen LogP contribution in [0.1, 0.15) is 16.1 Å². The summed E-state index contributed by atoms with van der Waals surface area (Å²) >= 11 is 0. The molecule has 0 saturated heterocycles. The van der Waals surface area contributed by atoms with Crippen LogP contribution in [0.25, 0.3) is 16.9 Å². The molecule has 0 aliphatic heterocycles. The summed E-state index contributed by atoms with van der Waals surface area (Å²) in [6.07, 6.45) is 1.66. The molecule has 0 unspecified atom stereocenters. The van der Waals surface area contributed by atoms with Gasteiger partial charge in [0.2, 0.25) is 0 Å². The molecule has 5 aromatic rings. The van der Waals surface area contributed by atoms with Crippen LogP contribution in [0, 0.1) is 6.92 Å². The number of methoxy groups -OCH3 is 1. The third-order valence-electron chi connectivity index (χ3n) is 5.63. The lowest BCUT2D eigenvalue weighted by Crippen LogP contribution is -2.14. The highest BCUT2D eigenvalue weighted by Gasteiger charge is 2.20. The van der Waals surface area contributed by atoms with Crippen LogP contribution in [0.4, 0.5) is 11.5 Å². The number of nitrogens with zero attached hydrogens (tertiary/aromatic N) is 3. The number of para-hydroxylation sites is 1. The van der Waals surface area contributed by atoms with Crippen molar-refractivity contribution in [3.63, 3.8) is 0 Å². The smallest absolute Gasteiger partial charge is 0.263 e. The van der Waals surface area contributed by atoms with Gasteiger partial charge in [-0.2, -0.15) is 5.10 Å². The fraction of sp³-hybridized carbons (Fsp3) is 0.0741. The maximum atomic E-state index is 13.4. The zero-order chi connectivity index (χ0) is 26.7. The predicted octanol–water partition coefficient (Wildman–Crippen LogP) is 4.90. The SMILES string of the molecule is COc1ccc(-c2nn(-c3ccccc3)cc2C(=O)Nc2ccc(S(=O)(=O)Nc3cc(C)on3)cc2)cc1. The van der Waals surface area contributed by atoms with E-state index in [-0.39, 0.29) is 10.7 Å². The van der Waals surface area contributed by atoms with Crippen LogP contribution in [-0.2, 0) is 10.0 Å². The van der Waals surface area contributed by atoms with Crippen molar-refractivity contribution in [2.24, 2.45) is 0 Å². The minimum atomic E-state index is -3.88. The van der Waals surface area contributed by atoms with E-state index in [4.69, 9.17) is 9.26 Å². The van der Waals surface area contributed by atoms with Crippen molar-refractivity contribution in [3.05, 3.63) is 102 Å². The molecule has 0 atom stereocenters. The third-order valence-corrected chi connectivity index (χ3v) is 7.00. The fourth-order valence-electron chi connectivity index (χ4n) is 3.74. The highest BCUT2D eigenvalue weighted by molar-refractivity contribution is 7.92. The lowest BCUT2D eigenvalue weighted by molar-refractivity contribution is 0.102. The average Bonchev–Trinajstić information content (AvgIpc) is 3.56. The molecule has 0 spiro atoms. The molecular formula is C27H23N5O5S. The average molecular weight is 530 g/mol. The van der Waals surface area contributed by atoms with Gasteiger partial charge in [0.1, 0.15) is 17.2 Å². The summed E-state index contributed by atoms with van der Waals surface area (Å²) in [5, 5.41) is 11.1. The summed E-state index contributed by atoms with van der Waals surface area (Å²) in [5.41, 5.74) is 2.78. The van der Waals surface area contributed by atoms with Gasteiger partial charge < -0.3 is 14.6 Å². The summed E-state index contributed by atoms with van der Waals surface area (Å²) in [6.45, 7) is 1.66. The Morgan fingerprint density at radius 2 is 1.68 bits per heavy atom. The number of carbonyl (C=O) groups is 1. The summed E-state index contributed by atoms with van der Waals surface area (Å²) in [6, 6.07) is 24.0. The minimum Gasteiger partial charge on any atom is -0.497 e. The Hall–Kier alpha value is -4.90. The molecule has 192 valence electrons. The molecule has 0 aliphatic carbocycles. The van der Waals surface area contributed by atoms with Gasteiger partial charge in [0.15, 0.2) is 5.82 Å². The van der Waals surface area contributed by atoms with E-state index in [0.717, 1.165) is 11.3 Å². The van der Waals surface area contributed by atoms with Crippen molar-refractivity contribution in [1.29, 1.82) is 0 Å². The second-order valence-electron chi connectivity index (χ2n) is 8.31. The second-order valence-corrected chi connectivity index (χ2v) is 9.99. The molecule has 1 amide bonds. The molecule has 5 rings (SSSR count). The largest absolute Gasteiger partial charge is 0.497 e. The fourth-order valence-corrected chi connectivity index (χ4v) is 4.73. The number of aryl methyl sites for hydroxylation is 1. The van der Waals surface area contributed by atoms with E-state index >= 15 is 0 Å². The lowest BCUT2D eigenvalue weighted by atomic mass is 10.1. The summed E-state index contributed by atoms with van der Waals surface area (Å²) < 4.78 is 39.4. The third kappa shape index (κ3) is 5.27. The highest BCUT2D eigenvalue weighted by Crippen LogP contribution is 2.27. The van der Waals surface area contributed by atoms with Gasteiger partial charge in [-0.05, 0) is 67.6 Å². The Kier molecular flexibility index (Phi) is 6.67. The van der Waals surface area contributed by atoms with E-state index in [9.17, 15) is 13.2 Å². The van der Waals surface area contributed by atoms with Gasteiger partial charge in [-0.1, -0.05) is 23.4 Å². The Morgan fingerprint density at radius 1 is 0.974 bits per heavy atom. The lowest BCUT2D eigenvalue weighted by Gasteiger charge is -2.08. The number of anilines is 2. The van der Waals surface area contributed by atoms with Crippen LogP contribution in [0.5, 0.6) is 5.75 Å². The van der Waals surface area contributed by atoms with E-state index in [0.29, 0.717) is 28.5 Å². The van der Waals surface area contributed by atoms with Crippen molar-refractivity contribution in [2.75, 3.05) is 17.1 Å². The summed E-state index contributed by atoms with van der Waals surface area (Å²) in [5.74, 6) is 0.849. The van der Waals surface area contributed by atoms with Crippen LogP contribution < -0.4 is 14.8 Å². The van der Waals surface area contributed by atoms with Gasteiger partial charge >= 0.3 is 0 Å². The number of amides is 1. The quantitative estimate of drug-likeness (QED) is 0.293. The van der Waals surface area contributed by atoms with Crippen molar-refractivity contribution < 1.29 is 22.5 Å². The first kappa shape index (κ1) is 24.8. The molecule has 0 bridgehead atoms. The maximum absolute atomic E-state index is 13.4. The van der Waals surface area contributed by atoms with E-state index in [1.165, 1.54) is 30.3 Å². The first-order valence-corrected chi connectivity index (χ1v) is 13.0. The Balaban J connectivity index is 1.41. The first-order chi connectivity index (χ1) is 18.3. The molecular weight excluding hydrogens is 506 g/mol. The van der Waals surface area contributed by atoms with Gasteiger partial charge in [-0.25, -0.2) is 13.1 Å². The number of ether oxygens (including phenoxy) is 1. The van der Waals surface area contributed by atoms with Crippen LogP contribution in [0.2, 0.25) is 0 Å². The first-order valence-electron chi connectivity index (χ1n) is 11.5. The summed E-state index contributed by atoms with van der Waals surface area (Å²) in [7, 11) is -2.30. The molecule has 38 heavy (non-hydrogen) atoms. The van der Waals surface area contributed by atoms with Crippen molar-refractivity contribution >= 4 is 27.4 Å². The number of benzene rings is 3. The highest BCUT2D eigenvalue weighted by atomic mass is 32.2. The van der Waals surface area contributed by atoms with Crippen LogP contribution in [0.15, 0.2) is 101 Å². The van der Waals surface area contributed by atoms with E-state index in [2.05, 4.69) is 20.3 Å². The van der Waals surface area contributed by atoms with E-state index < -0.39 is 15.9 Å². The molecule has 0 radical (unpaired) electrons. The molecule has 0 saturated carbocycles. The van der Waals surface area contributed by atoms with Gasteiger partial charge in [-0.15, -0.1) is 0 Å².